The van der Waals surface area contributed by atoms with Crippen molar-refractivity contribution < 1.29 is 0 Å². The highest BCUT2D eigenvalue weighted by Gasteiger charge is 1.91. The molecule has 0 saturated heterocycles. The fourth-order valence-corrected chi connectivity index (χ4v) is 1.41. The summed E-state index contributed by atoms with van der Waals surface area (Å²) in [7, 11) is 0. The third kappa shape index (κ3) is 9.76. The Balaban J connectivity index is 4.28. The van der Waals surface area contributed by atoms with Crippen LogP contribution in [-0.2, 0) is 0 Å². The highest BCUT2D eigenvalue weighted by atomic mass is 14.0. The van der Waals surface area contributed by atoms with Crippen LogP contribution in [0.4, 0.5) is 0 Å². The van der Waals surface area contributed by atoms with Gasteiger partial charge in [0.2, 0.25) is 0 Å². The second kappa shape index (κ2) is 10.7. The summed E-state index contributed by atoms with van der Waals surface area (Å²) in [5.41, 5.74) is 1.46. The summed E-state index contributed by atoms with van der Waals surface area (Å²) >= 11 is 0. The van der Waals surface area contributed by atoms with Crippen molar-refractivity contribution in [3.63, 3.8) is 0 Å². The molecule has 0 rings (SSSR count). The largest absolute Gasteiger partial charge is 0.0843 e. The molecule has 0 saturated carbocycles. The molecule has 0 bridgehead atoms. The molecular weight excluding hydrogens is 192 g/mol. The van der Waals surface area contributed by atoms with Gasteiger partial charge < -0.3 is 0 Å². The summed E-state index contributed by atoms with van der Waals surface area (Å²) in [5.74, 6) is 0.642. The predicted octanol–water partition coefficient (Wildman–Crippen LogP) is 5.67. The van der Waals surface area contributed by atoms with Crippen molar-refractivity contribution in [2.24, 2.45) is 5.92 Å². The van der Waals surface area contributed by atoms with Gasteiger partial charge >= 0.3 is 0 Å². The Morgan fingerprint density at radius 3 is 2.44 bits per heavy atom. The summed E-state index contributed by atoms with van der Waals surface area (Å²) in [5, 5.41) is 0. The van der Waals surface area contributed by atoms with E-state index in [9.17, 15) is 0 Å². The Morgan fingerprint density at radius 1 is 1.12 bits per heavy atom. The van der Waals surface area contributed by atoms with Crippen LogP contribution in [0.3, 0.4) is 0 Å². The van der Waals surface area contributed by atoms with Gasteiger partial charge in [-0.2, -0.15) is 0 Å². The van der Waals surface area contributed by atoms with Gasteiger partial charge in [0, 0.05) is 0 Å². The fraction of sp³-hybridized carbons (Fsp3) is 0.625. The molecule has 0 heterocycles. The molecule has 16 heavy (non-hydrogen) atoms. The smallest absolute Gasteiger partial charge is 0.0279 e. The Morgan fingerprint density at radius 2 is 1.88 bits per heavy atom. The first-order valence-corrected chi connectivity index (χ1v) is 6.74. The van der Waals surface area contributed by atoms with Crippen LogP contribution in [0.2, 0.25) is 0 Å². The van der Waals surface area contributed by atoms with Crippen LogP contribution in [0.1, 0.15) is 59.8 Å². The maximum Gasteiger partial charge on any atom is -0.0279 e. The number of rotatable bonds is 8. The molecule has 92 valence electrons. The van der Waals surface area contributed by atoms with Gasteiger partial charge in [0.05, 0.1) is 0 Å². The zero-order valence-electron chi connectivity index (χ0n) is 11.5. The Bertz CT molecular complexity index is 228. The lowest BCUT2D eigenvalue weighted by Gasteiger charge is -2.00. The van der Waals surface area contributed by atoms with Gasteiger partial charge in [0.1, 0.15) is 0 Å². The Kier molecular flexibility index (Phi) is 10.2. The van der Waals surface area contributed by atoms with Crippen molar-refractivity contribution in [3.05, 3.63) is 36.0 Å². The van der Waals surface area contributed by atoms with E-state index in [-0.39, 0.29) is 0 Å². The standard InChI is InChI=1S/C16H28/c1-5-7-9-13-16(12-8-6-2)14-10-11-15(3)4/h9-11,13-15H,5-8,12H2,1-4H3. The molecule has 0 radical (unpaired) electrons. The molecule has 0 aromatic carbocycles. The number of unbranched alkanes of at least 4 members (excludes halogenated alkanes) is 2. The van der Waals surface area contributed by atoms with Gasteiger partial charge in [-0.05, 0) is 30.8 Å². The van der Waals surface area contributed by atoms with Crippen LogP contribution < -0.4 is 0 Å². The van der Waals surface area contributed by atoms with E-state index in [0.29, 0.717) is 5.92 Å². The first kappa shape index (κ1) is 15.2. The molecular formula is C16H28. The van der Waals surface area contributed by atoms with E-state index in [1.807, 2.05) is 0 Å². The monoisotopic (exact) mass is 220 g/mol. The number of allylic oxidation sites excluding steroid dienone is 6. The number of hydrogen-bond acceptors (Lipinski definition) is 0. The van der Waals surface area contributed by atoms with Gasteiger partial charge in [-0.25, -0.2) is 0 Å². The molecule has 0 aromatic heterocycles. The van der Waals surface area contributed by atoms with Crippen molar-refractivity contribution >= 4 is 0 Å². The van der Waals surface area contributed by atoms with E-state index in [1.54, 1.807) is 0 Å². The maximum atomic E-state index is 2.30. The SMILES string of the molecule is CCCC=CC(=CC=CC(C)C)CCCC. The van der Waals surface area contributed by atoms with Crippen LogP contribution in [0.15, 0.2) is 36.0 Å². The van der Waals surface area contributed by atoms with Crippen molar-refractivity contribution in [2.45, 2.75) is 59.8 Å². The molecule has 0 unspecified atom stereocenters. The van der Waals surface area contributed by atoms with E-state index < -0.39 is 0 Å². The normalized spacial score (nSPS) is 13.4. The van der Waals surface area contributed by atoms with Crippen LogP contribution >= 0.6 is 0 Å². The van der Waals surface area contributed by atoms with Crippen molar-refractivity contribution in [1.82, 2.24) is 0 Å². The van der Waals surface area contributed by atoms with E-state index in [0.717, 1.165) is 0 Å². The van der Waals surface area contributed by atoms with Crippen molar-refractivity contribution in [2.75, 3.05) is 0 Å². The van der Waals surface area contributed by atoms with Crippen molar-refractivity contribution in [3.8, 4) is 0 Å². The minimum atomic E-state index is 0.642. The quantitative estimate of drug-likeness (QED) is 0.462. The summed E-state index contributed by atoms with van der Waals surface area (Å²) < 4.78 is 0. The molecule has 0 nitrogen and oxygen atoms in total. The maximum absolute atomic E-state index is 2.30. The zero-order valence-corrected chi connectivity index (χ0v) is 11.5. The van der Waals surface area contributed by atoms with Crippen LogP contribution in [0.5, 0.6) is 0 Å². The minimum Gasteiger partial charge on any atom is -0.0843 e. The van der Waals surface area contributed by atoms with Gasteiger partial charge in [-0.3, -0.25) is 0 Å². The molecule has 0 aliphatic carbocycles. The Labute approximate surface area is 102 Å². The summed E-state index contributed by atoms with van der Waals surface area (Å²) in [6.07, 6.45) is 17.5. The third-order valence-corrected chi connectivity index (χ3v) is 2.41. The fourth-order valence-electron chi connectivity index (χ4n) is 1.41. The lowest BCUT2D eigenvalue weighted by atomic mass is 10.1. The molecule has 0 N–H and O–H groups in total. The first-order valence-electron chi connectivity index (χ1n) is 6.74. The van der Waals surface area contributed by atoms with Crippen LogP contribution in [0, 0.1) is 5.92 Å². The van der Waals surface area contributed by atoms with Gasteiger partial charge in [-0.1, -0.05) is 70.9 Å². The predicted molar refractivity (Wildman–Crippen MR) is 75.6 cm³/mol. The molecule has 0 fully saturated rings. The molecule has 0 amide bonds. The highest BCUT2D eigenvalue weighted by Crippen LogP contribution is 2.10. The molecule has 0 atom stereocenters. The third-order valence-electron chi connectivity index (χ3n) is 2.41. The van der Waals surface area contributed by atoms with E-state index in [4.69, 9.17) is 0 Å². The van der Waals surface area contributed by atoms with Gasteiger partial charge in [0.25, 0.3) is 0 Å². The molecule has 0 aromatic rings. The van der Waals surface area contributed by atoms with E-state index in [2.05, 4.69) is 58.1 Å². The summed E-state index contributed by atoms with van der Waals surface area (Å²) in [4.78, 5) is 0. The van der Waals surface area contributed by atoms with E-state index >= 15 is 0 Å². The van der Waals surface area contributed by atoms with Gasteiger partial charge in [0.15, 0.2) is 0 Å². The molecule has 0 heteroatoms. The first-order chi connectivity index (χ1) is 7.70. The molecule has 0 aliphatic rings. The average molecular weight is 220 g/mol. The number of hydrogen-bond donors (Lipinski definition) is 0. The minimum absolute atomic E-state index is 0.642. The van der Waals surface area contributed by atoms with Gasteiger partial charge in [-0.15, -0.1) is 0 Å². The zero-order chi connectivity index (χ0) is 12.2. The second-order valence-electron chi connectivity index (χ2n) is 4.67. The lowest BCUT2D eigenvalue weighted by molar-refractivity contribution is 0.796. The molecule has 0 spiro atoms. The summed E-state index contributed by atoms with van der Waals surface area (Å²) in [6, 6.07) is 0. The van der Waals surface area contributed by atoms with E-state index in [1.165, 1.54) is 37.7 Å². The van der Waals surface area contributed by atoms with Crippen molar-refractivity contribution in [1.29, 1.82) is 0 Å². The van der Waals surface area contributed by atoms with Crippen LogP contribution in [0.25, 0.3) is 0 Å². The highest BCUT2D eigenvalue weighted by molar-refractivity contribution is 5.23. The Hall–Kier alpha value is -0.780. The second-order valence-corrected chi connectivity index (χ2v) is 4.67. The summed E-state index contributed by atoms with van der Waals surface area (Å²) in [6.45, 7) is 8.89. The lowest BCUT2D eigenvalue weighted by Crippen LogP contribution is -1.80. The topological polar surface area (TPSA) is 0 Å². The molecule has 0 aliphatic heterocycles. The average Bonchev–Trinajstić information content (AvgIpc) is 2.25. The van der Waals surface area contributed by atoms with Crippen LogP contribution in [-0.4, -0.2) is 0 Å².